The number of nitrogens with zero attached hydrogens (tertiary/aromatic N) is 4. The zero-order valence-electron chi connectivity index (χ0n) is 10.9. The molecule has 0 N–H and O–H groups in total. The van der Waals surface area contributed by atoms with E-state index >= 15 is 0 Å². The summed E-state index contributed by atoms with van der Waals surface area (Å²) in [5.74, 6) is 0. The number of rotatable bonds is 3. The zero-order valence-corrected chi connectivity index (χ0v) is 10.9. The lowest BCUT2D eigenvalue weighted by atomic mass is 10.2. The molecule has 0 aliphatic rings. The quantitative estimate of drug-likeness (QED) is 0.543. The highest BCUT2D eigenvalue weighted by Gasteiger charge is 2.08. The number of aromatic nitrogens is 3. The minimum Gasteiger partial charge on any atom is -0.258 e. The molecule has 3 heterocycles. The van der Waals surface area contributed by atoms with E-state index in [9.17, 15) is 10.1 Å². The van der Waals surface area contributed by atoms with Crippen LogP contribution in [0.1, 0.15) is 0 Å². The highest BCUT2D eigenvalue weighted by atomic mass is 16.6. The molecule has 0 unspecified atom stereocenters. The molecule has 0 atom stereocenters. The Bertz CT molecular complexity index is 773. The van der Waals surface area contributed by atoms with Crippen molar-refractivity contribution in [1.82, 2.24) is 15.0 Å². The van der Waals surface area contributed by atoms with Gasteiger partial charge in [-0.15, -0.1) is 0 Å². The molecule has 0 aliphatic carbocycles. The predicted octanol–water partition coefficient (Wildman–Crippen LogP) is 3.11. The third-order valence-electron chi connectivity index (χ3n) is 2.90. The standard InChI is InChI=1S/C15H10N4O2/c20-19(21)11-7-8-13(17-10-11)15-6-3-5-14(18-15)12-4-1-2-9-16-12/h1-10H. The van der Waals surface area contributed by atoms with Gasteiger partial charge in [-0.3, -0.25) is 15.1 Å². The maximum Gasteiger partial charge on any atom is 0.287 e. The van der Waals surface area contributed by atoms with Crippen molar-refractivity contribution in [2.75, 3.05) is 0 Å². The second-order valence-electron chi connectivity index (χ2n) is 4.28. The maximum absolute atomic E-state index is 10.6. The first-order valence-electron chi connectivity index (χ1n) is 6.23. The van der Waals surface area contributed by atoms with Crippen LogP contribution in [-0.4, -0.2) is 19.9 Å². The molecule has 6 heteroatoms. The summed E-state index contributed by atoms with van der Waals surface area (Å²) in [5.41, 5.74) is 2.68. The van der Waals surface area contributed by atoms with Crippen molar-refractivity contribution in [2.24, 2.45) is 0 Å². The molecule has 102 valence electrons. The molecule has 0 bridgehead atoms. The first-order valence-corrected chi connectivity index (χ1v) is 6.23. The van der Waals surface area contributed by atoms with E-state index in [0.29, 0.717) is 11.4 Å². The van der Waals surface area contributed by atoms with Gasteiger partial charge in [-0.2, -0.15) is 0 Å². The fourth-order valence-electron chi connectivity index (χ4n) is 1.88. The molecular weight excluding hydrogens is 268 g/mol. The molecule has 0 fully saturated rings. The Morgan fingerprint density at radius 3 is 2.10 bits per heavy atom. The van der Waals surface area contributed by atoms with Crippen molar-refractivity contribution in [2.45, 2.75) is 0 Å². The Kier molecular flexibility index (Phi) is 3.34. The average molecular weight is 278 g/mol. The fraction of sp³-hybridized carbons (Fsp3) is 0. The van der Waals surface area contributed by atoms with E-state index in [-0.39, 0.29) is 5.69 Å². The second kappa shape index (κ2) is 5.46. The second-order valence-corrected chi connectivity index (χ2v) is 4.28. The molecule has 0 aromatic carbocycles. The molecule has 0 amide bonds. The van der Waals surface area contributed by atoms with Crippen molar-refractivity contribution in [3.63, 3.8) is 0 Å². The summed E-state index contributed by atoms with van der Waals surface area (Å²) in [6, 6.07) is 14.1. The Hall–Kier alpha value is -3.15. The van der Waals surface area contributed by atoms with Crippen LogP contribution in [0.25, 0.3) is 22.8 Å². The summed E-state index contributed by atoms with van der Waals surface area (Å²) in [7, 11) is 0. The van der Waals surface area contributed by atoms with Crippen molar-refractivity contribution < 1.29 is 4.92 Å². The predicted molar refractivity (Wildman–Crippen MR) is 77.4 cm³/mol. The van der Waals surface area contributed by atoms with Crippen molar-refractivity contribution in [3.8, 4) is 22.8 Å². The van der Waals surface area contributed by atoms with E-state index in [1.807, 2.05) is 30.3 Å². The molecule has 3 aromatic rings. The summed E-state index contributed by atoms with van der Waals surface area (Å²) in [6.45, 7) is 0. The van der Waals surface area contributed by atoms with Gasteiger partial charge in [0.1, 0.15) is 6.20 Å². The van der Waals surface area contributed by atoms with Gasteiger partial charge in [-0.05, 0) is 30.3 Å². The zero-order chi connectivity index (χ0) is 14.7. The minimum atomic E-state index is -0.478. The molecule has 21 heavy (non-hydrogen) atoms. The van der Waals surface area contributed by atoms with E-state index in [1.54, 1.807) is 18.3 Å². The lowest BCUT2D eigenvalue weighted by molar-refractivity contribution is -0.385. The van der Waals surface area contributed by atoms with E-state index in [4.69, 9.17) is 0 Å². The smallest absolute Gasteiger partial charge is 0.258 e. The lowest BCUT2D eigenvalue weighted by Crippen LogP contribution is -1.93. The van der Waals surface area contributed by atoms with Gasteiger partial charge in [0.2, 0.25) is 0 Å². The van der Waals surface area contributed by atoms with Gasteiger partial charge in [0.15, 0.2) is 0 Å². The average Bonchev–Trinajstić information content (AvgIpc) is 2.56. The molecule has 6 nitrogen and oxygen atoms in total. The van der Waals surface area contributed by atoms with Crippen molar-refractivity contribution in [3.05, 3.63) is 71.0 Å². The number of nitro groups is 1. The largest absolute Gasteiger partial charge is 0.287 e. The van der Waals surface area contributed by atoms with E-state index in [2.05, 4.69) is 15.0 Å². The van der Waals surface area contributed by atoms with Gasteiger partial charge < -0.3 is 0 Å². The summed E-state index contributed by atoms with van der Waals surface area (Å²) < 4.78 is 0. The summed E-state index contributed by atoms with van der Waals surface area (Å²) in [5, 5.41) is 10.6. The van der Waals surface area contributed by atoms with Crippen molar-refractivity contribution in [1.29, 1.82) is 0 Å². The monoisotopic (exact) mass is 278 g/mol. The van der Waals surface area contributed by atoms with Gasteiger partial charge >= 0.3 is 0 Å². The third kappa shape index (κ3) is 2.74. The maximum atomic E-state index is 10.6. The van der Waals surface area contributed by atoms with Gasteiger partial charge in [-0.25, -0.2) is 9.97 Å². The van der Waals surface area contributed by atoms with Gasteiger partial charge in [0, 0.05) is 12.3 Å². The van der Waals surface area contributed by atoms with Gasteiger partial charge in [-0.1, -0.05) is 12.1 Å². The van der Waals surface area contributed by atoms with Crippen LogP contribution in [0.3, 0.4) is 0 Å². The van der Waals surface area contributed by atoms with Crippen LogP contribution in [-0.2, 0) is 0 Å². The highest BCUT2D eigenvalue weighted by molar-refractivity contribution is 5.61. The van der Waals surface area contributed by atoms with E-state index < -0.39 is 4.92 Å². The van der Waals surface area contributed by atoms with Gasteiger partial charge in [0.05, 0.1) is 27.7 Å². The summed E-state index contributed by atoms with van der Waals surface area (Å²) in [6.07, 6.45) is 2.93. The van der Waals surface area contributed by atoms with Crippen molar-refractivity contribution >= 4 is 5.69 Å². The van der Waals surface area contributed by atoms with Crippen LogP contribution >= 0.6 is 0 Å². The van der Waals surface area contributed by atoms with E-state index in [0.717, 1.165) is 11.4 Å². The Morgan fingerprint density at radius 1 is 0.810 bits per heavy atom. The molecule has 0 saturated heterocycles. The van der Waals surface area contributed by atoms with E-state index in [1.165, 1.54) is 12.3 Å². The summed E-state index contributed by atoms with van der Waals surface area (Å²) >= 11 is 0. The topological polar surface area (TPSA) is 81.8 Å². The normalized spacial score (nSPS) is 10.3. The van der Waals surface area contributed by atoms with Crippen LogP contribution in [0, 0.1) is 10.1 Å². The van der Waals surface area contributed by atoms with Crippen LogP contribution in [0.2, 0.25) is 0 Å². The first-order chi connectivity index (χ1) is 10.2. The molecule has 0 aliphatic heterocycles. The molecule has 3 rings (SSSR count). The molecule has 0 spiro atoms. The van der Waals surface area contributed by atoms with Gasteiger partial charge in [0.25, 0.3) is 5.69 Å². The van der Waals surface area contributed by atoms with Crippen LogP contribution in [0.15, 0.2) is 60.9 Å². The van der Waals surface area contributed by atoms with Crippen LogP contribution in [0.4, 0.5) is 5.69 Å². The number of hydrogen-bond donors (Lipinski definition) is 0. The number of hydrogen-bond acceptors (Lipinski definition) is 5. The molecule has 0 radical (unpaired) electrons. The Balaban J connectivity index is 1.98. The molecular formula is C15H10N4O2. The fourth-order valence-corrected chi connectivity index (χ4v) is 1.88. The number of pyridine rings is 3. The Labute approximate surface area is 120 Å². The minimum absolute atomic E-state index is 0.0420. The Morgan fingerprint density at radius 2 is 1.52 bits per heavy atom. The molecule has 0 saturated carbocycles. The molecule has 3 aromatic heterocycles. The SMILES string of the molecule is O=[N+]([O-])c1ccc(-c2cccc(-c3ccccn3)n2)nc1. The first kappa shape index (κ1) is 12.9. The third-order valence-corrected chi connectivity index (χ3v) is 2.90. The lowest BCUT2D eigenvalue weighted by Gasteiger charge is -2.03. The van der Waals surface area contributed by atoms with Crippen LogP contribution < -0.4 is 0 Å². The highest BCUT2D eigenvalue weighted by Crippen LogP contribution is 2.21. The van der Waals surface area contributed by atoms with Crippen LogP contribution in [0.5, 0.6) is 0 Å². The summed E-state index contributed by atoms with van der Waals surface area (Å²) in [4.78, 5) is 23.0.